The number of nitriles is 1. The van der Waals surface area contributed by atoms with E-state index in [9.17, 15) is 33.4 Å². The lowest BCUT2D eigenvalue weighted by Gasteiger charge is -2.28. The quantitative estimate of drug-likeness (QED) is 0.599. The molecule has 1 aliphatic heterocycles. The average molecular weight is 413 g/mol. The molecule has 1 aliphatic rings. The highest BCUT2D eigenvalue weighted by Crippen LogP contribution is 2.45. The minimum Gasteiger partial charge on any atom is -0.389 e. The zero-order valence-corrected chi connectivity index (χ0v) is 14.6. The molecule has 0 amide bonds. The summed E-state index contributed by atoms with van der Waals surface area (Å²) in [6, 6.07) is 2.55. The van der Waals surface area contributed by atoms with Gasteiger partial charge in [0.15, 0.2) is 5.69 Å². The van der Waals surface area contributed by atoms with Crippen LogP contribution >= 0.6 is 11.3 Å². The number of thiophene rings is 1. The van der Waals surface area contributed by atoms with E-state index in [1.165, 1.54) is 4.90 Å². The minimum absolute atomic E-state index is 0.0427. The Morgan fingerprint density at radius 2 is 1.79 bits per heavy atom. The normalized spacial score (nSPS) is 13.7. The van der Waals surface area contributed by atoms with Crippen LogP contribution in [0.25, 0.3) is 0 Å². The van der Waals surface area contributed by atoms with Gasteiger partial charge < -0.3 is 10.6 Å². The van der Waals surface area contributed by atoms with Crippen molar-refractivity contribution in [1.29, 1.82) is 5.26 Å². The SMILES string of the molecule is N#Cc1c(N)sc2c1CCN(c1c([N+](=O)[O-])cc(C(F)(F)F)cc1[N+](=O)[O-])C2. The van der Waals surface area contributed by atoms with Gasteiger partial charge in [0.2, 0.25) is 0 Å². The Balaban J connectivity index is 2.17. The molecule has 28 heavy (non-hydrogen) atoms. The van der Waals surface area contributed by atoms with Crippen molar-refractivity contribution in [2.75, 3.05) is 17.2 Å². The maximum atomic E-state index is 13.0. The van der Waals surface area contributed by atoms with Crippen molar-refractivity contribution in [2.24, 2.45) is 0 Å². The van der Waals surface area contributed by atoms with Gasteiger partial charge in [0.25, 0.3) is 11.4 Å². The summed E-state index contributed by atoms with van der Waals surface area (Å²) >= 11 is 1.07. The summed E-state index contributed by atoms with van der Waals surface area (Å²) in [5.74, 6) is 0. The predicted octanol–water partition coefficient (Wildman–Crippen LogP) is 3.60. The molecule has 0 spiro atoms. The highest BCUT2D eigenvalue weighted by atomic mass is 32.1. The molecule has 0 fully saturated rings. The molecule has 0 aliphatic carbocycles. The number of nitro groups is 2. The Bertz CT molecular complexity index is 1010. The lowest BCUT2D eigenvalue weighted by Crippen LogP contribution is -2.31. The first-order chi connectivity index (χ1) is 13.0. The summed E-state index contributed by atoms with van der Waals surface area (Å²) in [7, 11) is 0. The number of rotatable bonds is 3. The Labute approximate surface area is 158 Å². The van der Waals surface area contributed by atoms with Crippen molar-refractivity contribution in [3.8, 4) is 6.07 Å². The van der Waals surface area contributed by atoms with E-state index in [4.69, 9.17) is 11.0 Å². The first kappa shape index (κ1) is 19.4. The number of nitro benzene ring substituents is 2. The van der Waals surface area contributed by atoms with Crippen molar-refractivity contribution in [3.63, 3.8) is 0 Å². The van der Waals surface area contributed by atoms with Gasteiger partial charge in [0.1, 0.15) is 11.1 Å². The largest absolute Gasteiger partial charge is 0.416 e. The van der Waals surface area contributed by atoms with Crippen molar-refractivity contribution >= 4 is 33.4 Å². The van der Waals surface area contributed by atoms with Crippen LogP contribution in [0.2, 0.25) is 0 Å². The molecule has 2 heterocycles. The standard InChI is InChI=1S/C15H10F3N5O4S/c16-15(17,18)7-3-10(22(24)25)13(11(4-7)23(26)27)21-2-1-8-9(5-19)14(20)28-12(8)6-21/h3-4H,1-2,6,20H2. The molecule has 2 aromatic rings. The number of nitrogens with zero attached hydrogens (tertiary/aromatic N) is 4. The molecule has 9 nitrogen and oxygen atoms in total. The van der Waals surface area contributed by atoms with Crippen LogP contribution in [0.4, 0.5) is 35.2 Å². The van der Waals surface area contributed by atoms with E-state index in [0.717, 1.165) is 11.3 Å². The van der Waals surface area contributed by atoms with E-state index in [1.807, 2.05) is 6.07 Å². The topological polar surface area (TPSA) is 139 Å². The number of nitrogens with two attached hydrogens (primary N) is 1. The molecule has 2 N–H and O–H groups in total. The van der Waals surface area contributed by atoms with Crippen LogP contribution in [0.1, 0.15) is 21.6 Å². The molecule has 0 bridgehead atoms. The zero-order chi connectivity index (χ0) is 20.8. The van der Waals surface area contributed by atoms with E-state index in [2.05, 4.69) is 0 Å². The maximum absolute atomic E-state index is 13.0. The first-order valence-electron chi connectivity index (χ1n) is 7.63. The van der Waals surface area contributed by atoms with Crippen molar-refractivity contribution in [2.45, 2.75) is 19.1 Å². The smallest absolute Gasteiger partial charge is 0.389 e. The Kier molecular flexibility index (Phi) is 4.59. The van der Waals surface area contributed by atoms with Crippen molar-refractivity contribution in [1.82, 2.24) is 0 Å². The molecule has 1 aromatic heterocycles. The second-order valence-electron chi connectivity index (χ2n) is 5.90. The van der Waals surface area contributed by atoms with E-state index < -0.39 is 38.6 Å². The Morgan fingerprint density at radius 3 is 2.25 bits per heavy atom. The van der Waals surface area contributed by atoms with Crippen LogP contribution in [0.15, 0.2) is 12.1 Å². The predicted molar refractivity (Wildman–Crippen MR) is 93.0 cm³/mol. The average Bonchev–Trinajstić information content (AvgIpc) is 2.93. The van der Waals surface area contributed by atoms with Gasteiger partial charge in [-0.2, -0.15) is 18.4 Å². The summed E-state index contributed by atoms with van der Waals surface area (Å²) in [6.45, 7) is 0.00379. The van der Waals surface area contributed by atoms with Gasteiger partial charge in [0, 0.05) is 23.6 Å². The van der Waals surface area contributed by atoms with Gasteiger partial charge in [0.05, 0.1) is 27.5 Å². The number of fused-ring (bicyclic) bond motifs is 1. The lowest BCUT2D eigenvalue weighted by atomic mass is 10.0. The molecule has 0 saturated heterocycles. The van der Waals surface area contributed by atoms with Crippen LogP contribution in [0.3, 0.4) is 0 Å². The van der Waals surface area contributed by atoms with Crippen LogP contribution in [0.5, 0.6) is 0 Å². The molecule has 0 radical (unpaired) electrons. The molecule has 0 saturated carbocycles. The highest BCUT2D eigenvalue weighted by molar-refractivity contribution is 7.16. The number of hydrogen-bond donors (Lipinski definition) is 1. The van der Waals surface area contributed by atoms with Crippen LogP contribution in [-0.2, 0) is 19.1 Å². The number of nitrogen functional groups attached to an aromatic ring is 1. The molecule has 0 unspecified atom stereocenters. The van der Waals surface area contributed by atoms with Crippen LogP contribution in [0, 0.1) is 31.6 Å². The summed E-state index contributed by atoms with van der Waals surface area (Å²) in [5, 5.41) is 32.2. The number of alkyl halides is 3. The zero-order valence-electron chi connectivity index (χ0n) is 13.8. The molecule has 146 valence electrons. The van der Waals surface area contributed by atoms with Gasteiger partial charge in [-0.25, -0.2) is 0 Å². The highest BCUT2D eigenvalue weighted by Gasteiger charge is 2.40. The van der Waals surface area contributed by atoms with Crippen molar-refractivity contribution < 1.29 is 23.0 Å². The molecule has 0 atom stereocenters. The number of anilines is 2. The third-order valence-electron chi connectivity index (χ3n) is 4.30. The fraction of sp³-hybridized carbons (Fsp3) is 0.267. The third-order valence-corrected chi connectivity index (χ3v) is 5.35. The summed E-state index contributed by atoms with van der Waals surface area (Å²) in [6.07, 6.45) is -4.76. The second kappa shape index (κ2) is 6.64. The van der Waals surface area contributed by atoms with E-state index >= 15 is 0 Å². The molecule has 1 aromatic carbocycles. The maximum Gasteiger partial charge on any atom is 0.416 e. The molecule has 13 heteroatoms. The van der Waals surface area contributed by atoms with Gasteiger partial charge >= 0.3 is 6.18 Å². The molecule has 3 rings (SSSR count). The van der Waals surface area contributed by atoms with Gasteiger partial charge in [-0.1, -0.05) is 0 Å². The minimum atomic E-state index is -4.98. The monoisotopic (exact) mass is 413 g/mol. The van der Waals surface area contributed by atoms with E-state index in [1.54, 1.807) is 0 Å². The fourth-order valence-corrected chi connectivity index (χ4v) is 4.19. The Morgan fingerprint density at radius 1 is 1.21 bits per heavy atom. The molecular weight excluding hydrogens is 403 g/mol. The summed E-state index contributed by atoms with van der Waals surface area (Å²) in [5.41, 5.74) is 2.73. The Hall–Kier alpha value is -3.40. The van der Waals surface area contributed by atoms with Gasteiger partial charge in [-0.05, 0) is 12.0 Å². The van der Waals surface area contributed by atoms with Gasteiger partial charge in [-0.15, -0.1) is 11.3 Å². The van der Waals surface area contributed by atoms with Crippen molar-refractivity contribution in [3.05, 3.63) is 53.9 Å². The summed E-state index contributed by atoms with van der Waals surface area (Å²) in [4.78, 5) is 22.5. The molecular formula is C15H10F3N5O4S. The first-order valence-corrected chi connectivity index (χ1v) is 8.45. The number of hydrogen-bond acceptors (Lipinski definition) is 8. The van der Waals surface area contributed by atoms with Gasteiger partial charge in [-0.3, -0.25) is 20.2 Å². The number of benzene rings is 1. The van der Waals surface area contributed by atoms with E-state index in [0.29, 0.717) is 22.6 Å². The van der Waals surface area contributed by atoms with Crippen LogP contribution < -0.4 is 10.6 Å². The number of halogens is 3. The fourth-order valence-electron chi connectivity index (χ4n) is 3.11. The van der Waals surface area contributed by atoms with E-state index in [-0.39, 0.29) is 30.1 Å². The lowest BCUT2D eigenvalue weighted by molar-refractivity contribution is -0.393. The third kappa shape index (κ3) is 3.18. The summed E-state index contributed by atoms with van der Waals surface area (Å²) < 4.78 is 39.1. The van der Waals surface area contributed by atoms with Crippen LogP contribution in [-0.4, -0.2) is 16.4 Å². The second-order valence-corrected chi connectivity index (χ2v) is 7.04.